The first kappa shape index (κ1) is 13.7. The van der Waals surface area contributed by atoms with Gasteiger partial charge in [0.2, 0.25) is 0 Å². The van der Waals surface area contributed by atoms with Gasteiger partial charge in [-0.05, 0) is 26.3 Å². The Morgan fingerprint density at radius 1 is 1.43 bits per heavy atom. The molecule has 0 aromatic rings. The van der Waals surface area contributed by atoms with Crippen LogP contribution < -0.4 is 0 Å². The number of halogens is 1. The van der Waals surface area contributed by atoms with Crippen molar-refractivity contribution in [3.8, 4) is 0 Å². The maximum Gasteiger partial charge on any atom is 0.306 e. The van der Waals surface area contributed by atoms with Gasteiger partial charge in [-0.2, -0.15) is 0 Å². The van der Waals surface area contributed by atoms with Crippen LogP contribution >= 0.6 is 12.4 Å². The molecular weight excluding hydrogens is 202 g/mol. The number of hydrogen-bond donors (Lipinski definition) is 0. The Morgan fingerprint density at radius 3 is 2.50 bits per heavy atom. The molecule has 4 heteroatoms. The summed E-state index contributed by atoms with van der Waals surface area (Å²) >= 11 is 0. The molecule has 0 radical (unpaired) electrons. The minimum Gasteiger partial charge on any atom is -0.462 e. The molecule has 1 rings (SSSR count). The van der Waals surface area contributed by atoms with E-state index in [1.165, 1.54) is 0 Å². The summed E-state index contributed by atoms with van der Waals surface area (Å²) in [5.41, 5.74) is 0. The third-order valence-corrected chi connectivity index (χ3v) is 2.42. The summed E-state index contributed by atoms with van der Waals surface area (Å²) in [5, 5.41) is 0. The summed E-state index contributed by atoms with van der Waals surface area (Å²) in [6.45, 7) is 4.09. The molecule has 1 heterocycles. The van der Waals surface area contributed by atoms with Gasteiger partial charge in [0.25, 0.3) is 0 Å². The molecule has 0 amide bonds. The molecule has 0 saturated carbocycles. The molecule has 0 unspecified atom stereocenters. The molecule has 84 valence electrons. The van der Waals surface area contributed by atoms with Gasteiger partial charge < -0.3 is 9.64 Å². The normalized spacial score (nSPS) is 18.7. The van der Waals surface area contributed by atoms with Crippen molar-refractivity contribution < 1.29 is 9.53 Å². The molecule has 0 atom stereocenters. The average molecular weight is 222 g/mol. The number of nitrogens with zero attached hydrogens (tertiary/aromatic N) is 1. The van der Waals surface area contributed by atoms with Gasteiger partial charge >= 0.3 is 5.97 Å². The van der Waals surface area contributed by atoms with Crippen LogP contribution in [0, 0.1) is 0 Å². The molecule has 1 aliphatic heterocycles. The summed E-state index contributed by atoms with van der Waals surface area (Å²) < 4.78 is 5.31. The van der Waals surface area contributed by atoms with Crippen molar-refractivity contribution in [2.45, 2.75) is 38.7 Å². The summed E-state index contributed by atoms with van der Waals surface area (Å²) in [6, 6.07) is 0. The molecule has 0 bridgehead atoms. The molecule has 0 aromatic carbocycles. The van der Waals surface area contributed by atoms with E-state index in [-0.39, 0.29) is 24.5 Å². The van der Waals surface area contributed by atoms with Crippen LogP contribution in [0.5, 0.6) is 0 Å². The van der Waals surface area contributed by atoms with Crippen LogP contribution in [0.4, 0.5) is 0 Å². The number of rotatable bonds is 3. The van der Waals surface area contributed by atoms with Crippen molar-refractivity contribution in [2.24, 2.45) is 0 Å². The Labute approximate surface area is 92.2 Å². The van der Waals surface area contributed by atoms with Crippen LogP contribution in [0.2, 0.25) is 0 Å². The number of carbonyl (C=O) groups is 1. The Hall–Kier alpha value is -0.280. The zero-order valence-electron chi connectivity index (χ0n) is 8.99. The maximum absolute atomic E-state index is 11.2. The van der Waals surface area contributed by atoms with E-state index in [1.807, 2.05) is 6.92 Å². The molecule has 3 nitrogen and oxygen atoms in total. The smallest absolute Gasteiger partial charge is 0.306 e. The summed E-state index contributed by atoms with van der Waals surface area (Å²) in [5.74, 6) is -0.0305. The highest BCUT2D eigenvalue weighted by molar-refractivity contribution is 5.85. The van der Waals surface area contributed by atoms with E-state index in [0.717, 1.165) is 32.4 Å². The fourth-order valence-corrected chi connectivity index (χ4v) is 1.55. The van der Waals surface area contributed by atoms with Gasteiger partial charge in [0, 0.05) is 19.5 Å². The van der Waals surface area contributed by atoms with E-state index in [0.29, 0.717) is 6.42 Å². The SMILES string of the molecule is CCCC(=O)OC1CCN(C)CC1.Cl. The second kappa shape index (κ2) is 7.07. The first-order valence-electron chi connectivity index (χ1n) is 5.10. The van der Waals surface area contributed by atoms with Crippen molar-refractivity contribution in [3.05, 3.63) is 0 Å². The molecule has 14 heavy (non-hydrogen) atoms. The molecule has 0 N–H and O–H groups in total. The summed E-state index contributed by atoms with van der Waals surface area (Å²) in [6.07, 6.45) is 3.60. The Kier molecular flexibility index (Phi) is 6.93. The van der Waals surface area contributed by atoms with Crippen LogP contribution in [-0.2, 0) is 9.53 Å². The van der Waals surface area contributed by atoms with E-state index < -0.39 is 0 Å². The number of esters is 1. The first-order valence-corrected chi connectivity index (χ1v) is 5.10. The lowest BCUT2D eigenvalue weighted by Crippen LogP contribution is -2.35. The fourth-order valence-electron chi connectivity index (χ4n) is 1.55. The van der Waals surface area contributed by atoms with E-state index in [9.17, 15) is 4.79 Å². The van der Waals surface area contributed by atoms with Crippen LogP contribution in [-0.4, -0.2) is 37.1 Å². The average Bonchev–Trinajstić information content (AvgIpc) is 2.09. The van der Waals surface area contributed by atoms with Gasteiger partial charge in [0.15, 0.2) is 0 Å². The van der Waals surface area contributed by atoms with Gasteiger partial charge in [-0.1, -0.05) is 6.92 Å². The third-order valence-electron chi connectivity index (χ3n) is 2.42. The van der Waals surface area contributed by atoms with Crippen molar-refractivity contribution in [1.82, 2.24) is 4.90 Å². The van der Waals surface area contributed by atoms with Gasteiger partial charge in [0.1, 0.15) is 6.10 Å². The Bertz CT molecular complexity index is 168. The number of hydrogen-bond acceptors (Lipinski definition) is 3. The van der Waals surface area contributed by atoms with Gasteiger partial charge in [0.05, 0.1) is 0 Å². The lowest BCUT2D eigenvalue weighted by Gasteiger charge is -2.28. The van der Waals surface area contributed by atoms with Crippen LogP contribution in [0.15, 0.2) is 0 Å². The minimum absolute atomic E-state index is 0. The number of piperidine rings is 1. The van der Waals surface area contributed by atoms with Crippen LogP contribution in [0.3, 0.4) is 0 Å². The molecule has 0 aliphatic carbocycles. The molecule has 0 aromatic heterocycles. The predicted molar refractivity (Wildman–Crippen MR) is 58.8 cm³/mol. The Morgan fingerprint density at radius 2 is 2.00 bits per heavy atom. The van der Waals surface area contributed by atoms with Crippen LogP contribution in [0.25, 0.3) is 0 Å². The van der Waals surface area contributed by atoms with Crippen molar-refractivity contribution in [2.75, 3.05) is 20.1 Å². The second-order valence-electron chi connectivity index (χ2n) is 3.74. The van der Waals surface area contributed by atoms with Gasteiger partial charge in [-0.15, -0.1) is 12.4 Å². The van der Waals surface area contributed by atoms with Crippen LogP contribution in [0.1, 0.15) is 32.6 Å². The molecule has 0 spiro atoms. The Balaban J connectivity index is 0.00000169. The topological polar surface area (TPSA) is 29.5 Å². The zero-order chi connectivity index (χ0) is 9.68. The van der Waals surface area contributed by atoms with Crippen molar-refractivity contribution >= 4 is 18.4 Å². The maximum atomic E-state index is 11.2. The molecule has 1 saturated heterocycles. The zero-order valence-corrected chi connectivity index (χ0v) is 9.81. The lowest BCUT2D eigenvalue weighted by atomic mass is 10.1. The molecule has 1 fully saturated rings. The van der Waals surface area contributed by atoms with E-state index >= 15 is 0 Å². The van der Waals surface area contributed by atoms with E-state index in [4.69, 9.17) is 4.74 Å². The first-order chi connectivity index (χ1) is 6.22. The highest BCUT2D eigenvalue weighted by atomic mass is 35.5. The van der Waals surface area contributed by atoms with Gasteiger partial charge in [-0.3, -0.25) is 4.79 Å². The predicted octanol–water partition coefficient (Wildman–Crippen LogP) is 1.85. The largest absolute Gasteiger partial charge is 0.462 e. The number of ether oxygens (including phenoxy) is 1. The third kappa shape index (κ3) is 4.82. The second-order valence-corrected chi connectivity index (χ2v) is 3.74. The summed E-state index contributed by atoms with van der Waals surface area (Å²) in [7, 11) is 2.10. The van der Waals surface area contributed by atoms with E-state index in [1.54, 1.807) is 0 Å². The monoisotopic (exact) mass is 221 g/mol. The lowest BCUT2D eigenvalue weighted by molar-refractivity contribution is -0.151. The summed E-state index contributed by atoms with van der Waals surface area (Å²) in [4.78, 5) is 13.4. The number of carbonyl (C=O) groups excluding carboxylic acids is 1. The highest BCUT2D eigenvalue weighted by Crippen LogP contribution is 2.12. The van der Waals surface area contributed by atoms with Crippen molar-refractivity contribution in [3.63, 3.8) is 0 Å². The quantitative estimate of drug-likeness (QED) is 0.682. The highest BCUT2D eigenvalue weighted by Gasteiger charge is 2.19. The van der Waals surface area contributed by atoms with Gasteiger partial charge in [-0.25, -0.2) is 0 Å². The van der Waals surface area contributed by atoms with Crippen molar-refractivity contribution in [1.29, 1.82) is 0 Å². The molecule has 1 aliphatic rings. The van der Waals surface area contributed by atoms with E-state index in [2.05, 4.69) is 11.9 Å². The minimum atomic E-state index is -0.0305. The number of likely N-dealkylation sites (tertiary alicyclic amines) is 1. The fraction of sp³-hybridized carbons (Fsp3) is 0.900. The molecular formula is C10H20ClNO2. The standard InChI is InChI=1S/C10H19NO2.ClH/c1-3-4-10(12)13-9-5-7-11(2)8-6-9;/h9H,3-8H2,1-2H3;1H.